The Hall–Kier alpha value is -16.2. The molecule has 12 heteroatoms. The van der Waals surface area contributed by atoms with Crippen molar-refractivity contribution >= 4 is 66.1 Å². The molecular weight excluding hydrogens is 1450 g/mol. The van der Waals surface area contributed by atoms with Gasteiger partial charge in [0.15, 0.2) is 40.5 Å². The molecule has 22 rings (SSSR count). The van der Waals surface area contributed by atoms with E-state index in [2.05, 4.69) is 272 Å². The average Bonchev–Trinajstić information content (AvgIpc) is 1.60. The standard InChI is InChI=1S/2C53H33N5O/c1-3-11-34(12-4-1)35-23-27-39(28-24-35)52-56-51(38-13-5-2-6-14-38)57-53(58-52)43-18-10-17-42(30-43)41-16-9-15-40(29-41)36-21-25-37(26-22-36)48-31-45-46-32-54-47-20-8-7-19-44(47)50(46)59-49(45)33-55-48;1-3-11-34(12-4-1)35-25-27-39(28-26-35)51-56-50(38-13-5-2-6-14-38)57-52(58-51)44-18-10-17-42(32-44)41-16-9-15-40(31-41)36-21-23-37(24-22-36)43-29-30-45-48(33-43)59-53-49(45)54-46-19-7-8-20-47(46)55-53/h2*1-33H. The molecule has 0 bridgehead atoms. The summed E-state index contributed by atoms with van der Waals surface area (Å²) in [6.07, 6.45) is 3.71. The minimum atomic E-state index is 0.552. The molecule has 0 aliphatic heterocycles. The lowest BCUT2D eigenvalue weighted by Crippen LogP contribution is -2.00. The summed E-state index contributed by atoms with van der Waals surface area (Å²) >= 11 is 0. The van der Waals surface area contributed by atoms with Gasteiger partial charge < -0.3 is 8.83 Å². The molecule has 0 radical (unpaired) electrons. The highest BCUT2D eigenvalue weighted by Crippen LogP contribution is 2.40. The molecule has 12 nitrogen and oxygen atoms in total. The second kappa shape index (κ2) is 30.4. The zero-order chi connectivity index (χ0) is 78.2. The van der Waals surface area contributed by atoms with Crippen LogP contribution in [-0.2, 0) is 0 Å². The molecule has 0 aliphatic rings. The van der Waals surface area contributed by atoms with Crippen molar-refractivity contribution in [3.63, 3.8) is 0 Å². The Morgan fingerprint density at radius 3 is 0.958 bits per heavy atom. The predicted molar refractivity (Wildman–Crippen MR) is 477 cm³/mol. The number of aromatic nitrogens is 10. The smallest absolute Gasteiger partial charge is 0.246 e. The zero-order valence-electron chi connectivity index (χ0n) is 63.4. The average molecular weight is 1510 g/mol. The van der Waals surface area contributed by atoms with Crippen LogP contribution in [0.1, 0.15) is 0 Å². The van der Waals surface area contributed by atoms with Gasteiger partial charge >= 0.3 is 0 Å². The van der Waals surface area contributed by atoms with Crippen molar-refractivity contribution in [2.45, 2.75) is 0 Å². The maximum atomic E-state index is 6.26. The van der Waals surface area contributed by atoms with Gasteiger partial charge in [0.2, 0.25) is 5.71 Å². The van der Waals surface area contributed by atoms with Crippen LogP contribution in [0.25, 0.3) is 224 Å². The molecule has 0 unspecified atom stereocenters. The Balaban J connectivity index is 0.000000147. The number of para-hydroxylation sites is 3. The SMILES string of the molecule is c1ccc(-c2ccc(-c3nc(-c4ccccc4)nc(-c4cccc(-c5cccc(-c6ccc(-c7cc8c(cn7)oc7c9ccccc9ncc87)cc6)c5)c4)n3)cc2)cc1.c1ccc(-c2ccc(-c3nc(-c4ccccc4)nc(-c4cccc(-c5cccc(-c6ccc(-c7ccc8c(c7)oc7nc9ccccc9nc78)cc6)c5)c4)n3)cc2)cc1. The number of benzene rings is 15. The van der Waals surface area contributed by atoms with Crippen LogP contribution in [0.5, 0.6) is 0 Å². The number of rotatable bonds is 14. The van der Waals surface area contributed by atoms with E-state index in [9.17, 15) is 0 Å². The van der Waals surface area contributed by atoms with E-state index >= 15 is 0 Å². The number of furan rings is 2. The monoisotopic (exact) mass is 1510 g/mol. The molecule has 0 spiro atoms. The van der Waals surface area contributed by atoms with Gasteiger partial charge in [-0.2, -0.15) is 0 Å². The molecule has 0 atom stereocenters. The van der Waals surface area contributed by atoms with Gasteiger partial charge in [-0.1, -0.05) is 322 Å². The highest BCUT2D eigenvalue weighted by Gasteiger charge is 2.20. The fourth-order valence-corrected chi connectivity index (χ4v) is 15.4. The van der Waals surface area contributed by atoms with Crippen LogP contribution in [0.3, 0.4) is 0 Å². The molecule has 552 valence electrons. The molecule has 0 saturated heterocycles. The maximum absolute atomic E-state index is 6.26. The van der Waals surface area contributed by atoms with Crippen molar-refractivity contribution in [2.24, 2.45) is 0 Å². The number of fused-ring (bicyclic) bond motifs is 9. The number of hydrogen-bond donors (Lipinski definition) is 0. The summed E-state index contributed by atoms with van der Waals surface area (Å²) < 4.78 is 12.5. The first-order valence-electron chi connectivity index (χ1n) is 39.1. The Bertz CT molecular complexity index is 7510. The summed E-state index contributed by atoms with van der Waals surface area (Å²) in [6, 6.07) is 133. The summed E-state index contributed by atoms with van der Waals surface area (Å²) in [6.45, 7) is 0. The van der Waals surface area contributed by atoms with Gasteiger partial charge in [0.1, 0.15) is 16.7 Å². The van der Waals surface area contributed by atoms with Crippen LogP contribution in [0, 0.1) is 0 Å². The number of hydrogen-bond acceptors (Lipinski definition) is 12. The zero-order valence-corrected chi connectivity index (χ0v) is 63.4. The summed E-state index contributed by atoms with van der Waals surface area (Å²) in [5.41, 5.74) is 29.4. The van der Waals surface area contributed by atoms with Crippen molar-refractivity contribution in [3.8, 4) is 157 Å². The lowest BCUT2D eigenvalue weighted by atomic mass is 9.96. The Kier molecular flexibility index (Phi) is 18.0. The van der Waals surface area contributed by atoms with Crippen molar-refractivity contribution in [2.75, 3.05) is 0 Å². The molecular formula is C106H66N10O2. The van der Waals surface area contributed by atoms with Crippen LogP contribution in [0.2, 0.25) is 0 Å². The second-order valence-electron chi connectivity index (χ2n) is 29.1. The van der Waals surface area contributed by atoms with Crippen molar-refractivity contribution in [1.82, 2.24) is 49.8 Å². The fraction of sp³-hybridized carbons (Fsp3) is 0. The van der Waals surface area contributed by atoms with E-state index in [1.807, 2.05) is 134 Å². The third-order valence-corrected chi connectivity index (χ3v) is 21.6. The highest BCUT2D eigenvalue weighted by molar-refractivity contribution is 6.14. The van der Waals surface area contributed by atoms with Gasteiger partial charge in [-0.15, -0.1) is 0 Å². The molecule has 0 saturated carbocycles. The molecule has 22 aromatic rings. The molecule has 7 heterocycles. The lowest BCUT2D eigenvalue weighted by molar-refractivity contribution is 0.655. The van der Waals surface area contributed by atoms with Crippen molar-refractivity contribution < 1.29 is 8.83 Å². The maximum Gasteiger partial charge on any atom is 0.246 e. The summed E-state index contributed by atoms with van der Waals surface area (Å²) in [7, 11) is 0. The van der Waals surface area contributed by atoms with E-state index < -0.39 is 0 Å². The molecule has 0 N–H and O–H groups in total. The Morgan fingerprint density at radius 2 is 0.492 bits per heavy atom. The summed E-state index contributed by atoms with van der Waals surface area (Å²) in [5.74, 6) is 3.76. The predicted octanol–water partition coefficient (Wildman–Crippen LogP) is 26.8. The van der Waals surface area contributed by atoms with Gasteiger partial charge in [-0.05, 0) is 145 Å². The first kappa shape index (κ1) is 69.7. The summed E-state index contributed by atoms with van der Waals surface area (Å²) in [4.78, 5) is 49.0. The third kappa shape index (κ3) is 13.9. The fourth-order valence-electron chi connectivity index (χ4n) is 15.4. The highest BCUT2D eigenvalue weighted by atomic mass is 16.3. The van der Waals surface area contributed by atoms with E-state index in [4.69, 9.17) is 53.7 Å². The van der Waals surface area contributed by atoms with Crippen LogP contribution < -0.4 is 0 Å². The Labute approximate surface area is 678 Å². The first-order valence-corrected chi connectivity index (χ1v) is 39.1. The van der Waals surface area contributed by atoms with Gasteiger partial charge in [-0.3, -0.25) is 9.97 Å². The quantitative estimate of drug-likeness (QED) is 0.102. The van der Waals surface area contributed by atoms with E-state index in [0.717, 1.165) is 172 Å². The largest absolute Gasteiger partial charge is 0.454 e. The van der Waals surface area contributed by atoms with Gasteiger partial charge in [0, 0.05) is 66.7 Å². The van der Waals surface area contributed by atoms with E-state index in [-0.39, 0.29) is 0 Å². The molecule has 118 heavy (non-hydrogen) atoms. The van der Waals surface area contributed by atoms with Crippen LogP contribution in [0.4, 0.5) is 0 Å². The molecule has 7 aromatic heterocycles. The topological polar surface area (TPSA) is 155 Å². The summed E-state index contributed by atoms with van der Waals surface area (Å²) in [5, 5.41) is 3.95. The third-order valence-electron chi connectivity index (χ3n) is 21.6. The van der Waals surface area contributed by atoms with Gasteiger partial charge in [0.05, 0.1) is 28.4 Å². The normalized spacial score (nSPS) is 11.4. The number of pyridine rings is 2. The second-order valence-corrected chi connectivity index (χ2v) is 29.1. The van der Waals surface area contributed by atoms with Crippen molar-refractivity contribution in [1.29, 1.82) is 0 Å². The van der Waals surface area contributed by atoms with Crippen LogP contribution in [0.15, 0.2) is 409 Å². The minimum Gasteiger partial charge on any atom is -0.454 e. The Morgan fingerprint density at radius 1 is 0.169 bits per heavy atom. The van der Waals surface area contributed by atoms with E-state index in [1.54, 1.807) is 0 Å². The first-order chi connectivity index (χ1) is 58.4. The molecule has 0 fully saturated rings. The van der Waals surface area contributed by atoms with Crippen LogP contribution >= 0.6 is 0 Å². The van der Waals surface area contributed by atoms with Crippen molar-refractivity contribution in [3.05, 3.63) is 401 Å². The number of nitrogens with zero attached hydrogens (tertiary/aromatic N) is 10. The molecule has 0 aliphatic carbocycles. The lowest BCUT2D eigenvalue weighted by Gasteiger charge is -2.11. The van der Waals surface area contributed by atoms with Crippen LogP contribution in [-0.4, -0.2) is 49.8 Å². The van der Waals surface area contributed by atoms with Gasteiger partial charge in [0.25, 0.3) is 0 Å². The van der Waals surface area contributed by atoms with E-state index in [1.165, 1.54) is 11.1 Å². The van der Waals surface area contributed by atoms with E-state index in [0.29, 0.717) is 40.7 Å². The molecule has 15 aromatic carbocycles. The molecule has 0 amide bonds. The minimum absolute atomic E-state index is 0.552. The van der Waals surface area contributed by atoms with Gasteiger partial charge in [-0.25, -0.2) is 39.9 Å².